The SMILES string of the molecule is O=S(=O)(Nc1nc2ccccc2nc1[N-]Cc1ccc(F)cc1)c1cc(Cl)ccc1Cl. The zero-order valence-corrected chi connectivity index (χ0v) is 18.1. The molecule has 1 N–H and O–H groups in total. The maximum atomic E-state index is 13.1. The first kappa shape index (κ1) is 21.3. The lowest BCUT2D eigenvalue weighted by atomic mass is 10.2. The Bertz CT molecular complexity index is 1370. The molecule has 4 aromatic rings. The van der Waals surface area contributed by atoms with Gasteiger partial charge in [-0.05, 0) is 59.8 Å². The zero-order chi connectivity index (χ0) is 22.0. The summed E-state index contributed by atoms with van der Waals surface area (Å²) in [5.74, 6) is -0.331. The molecular weight excluding hydrogens is 462 g/mol. The minimum absolute atomic E-state index is 0.00968. The molecule has 1 heterocycles. The first-order valence-electron chi connectivity index (χ1n) is 8.98. The fourth-order valence-corrected chi connectivity index (χ4v) is 4.56. The van der Waals surface area contributed by atoms with Crippen LogP contribution in [0.25, 0.3) is 16.4 Å². The summed E-state index contributed by atoms with van der Waals surface area (Å²) in [6.07, 6.45) is 0. The van der Waals surface area contributed by atoms with Gasteiger partial charge in [-0.15, -0.1) is 0 Å². The van der Waals surface area contributed by atoms with Crippen molar-refractivity contribution in [1.82, 2.24) is 9.97 Å². The van der Waals surface area contributed by atoms with Crippen LogP contribution in [0.1, 0.15) is 5.56 Å². The Balaban J connectivity index is 1.72. The van der Waals surface area contributed by atoms with Gasteiger partial charge in [-0.25, -0.2) is 17.8 Å². The molecule has 0 amide bonds. The number of benzene rings is 3. The van der Waals surface area contributed by atoms with Crippen molar-refractivity contribution in [2.24, 2.45) is 0 Å². The van der Waals surface area contributed by atoms with Gasteiger partial charge in [0.05, 0.1) is 10.5 Å². The highest BCUT2D eigenvalue weighted by molar-refractivity contribution is 7.92. The highest BCUT2D eigenvalue weighted by Gasteiger charge is 2.20. The quantitative estimate of drug-likeness (QED) is 0.365. The molecule has 3 aromatic carbocycles. The molecule has 1 aromatic heterocycles. The third kappa shape index (κ3) is 4.87. The van der Waals surface area contributed by atoms with E-state index < -0.39 is 10.0 Å². The molecule has 0 aliphatic carbocycles. The zero-order valence-electron chi connectivity index (χ0n) is 15.8. The van der Waals surface area contributed by atoms with E-state index in [4.69, 9.17) is 23.2 Å². The van der Waals surface area contributed by atoms with Gasteiger partial charge in [0, 0.05) is 5.02 Å². The van der Waals surface area contributed by atoms with Gasteiger partial charge in [0.1, 0.15) is 16.5 Å². The van der Waals surface area contributed by atoms with E-state index in [0.29, 0.717) is 11.0 Å². The minimum atomic E-state index is -4.12. The van der Waals surface area contributed by atoms with Crippen LogP contribution in [0.2, 0.25) is 10.0 Å². The van der Waals surface area contributed by atoms with Crippen LogP contribution >= 0.6 is 23.2 Å². The molecule has 0 atom stereocenters. The number of para-hydroxylation sites is 2. The second-order valence-corrected chi connectivity index (χ2v) is 9.00. The van der Waals surface area contributed by atoms with Crippen LogP contribution in [0.15, 0.2) is 71.6 Å². The van der Waals surface area contributed by atoms with E-state index in [9.17, 15) is 12.8 Å². The standard InChI is InChI=1S/C21H14Cl2FN4O2S/c22-14-7-10-16(23)19(11-14)31(29,30)28-21-20(25-12-13-5-8-15(24)9-6-13)26-17-3-1-2-4-18(17)27-21/h1-11H,12H2,(H-,25,26,27,28)/q-1. The molecule has 4 rings (SSSR count). The molecule has 0 radical (unpaired) electrons. The second-order valence-electron chi connectivity index (χ2n) is 6.51. The van der Waals surface area contributed by atoms with Crippen LogP contribution < -0.4 is 4.72 Å². The number of sulfonamides is 1. The monoisotopic (exact) mass is 475 g/mol. The fraction of sp³-hybridized carbons (Fsp3) is 0.0476. The van der Waals surface area contributed by atoms with Crippen molar-refractivity contribution in [2.75, 3.05) is 4.72 Å². The van der Waals surface area contributed by atoms with Crippen LogP contribution in [0.5, 0.6) is 0 Å². The van der Waals surface area contributed by atoms with Crippen molar-refractivity contribution in [3.8, 4) is 0 Å². The summed E-state index contributed by atoms with van der Waals surface area (Å²) >= 11 is 12.0. The number of rotatable bonds is 6. The summed E-state index contributed by atoms with van der Waals surface area (Å²) in [5.41, 5.74) is 1.75. The molecule has 158 valence electrons. The van der Waals surface area contributed by atoms with Crippen molar-refractivity contribution in [2.45, 2.75) is 11.4 Å². The van der Waals surface area contributed by atoms with Gasteiger partial charge >= 0.3 is 0 Å². The summed E-state index contributed by atoms with van der Waals surface area (Å²) in [4.78, 5) is 8.62. The number of fused-ring (bicyclic) bond motifs is 1. The van der Waals surface area contributed by atoms with E-state index in [0.717, 1.165) is 5.56 Å². The number of nitrogens with one attached hydrogen (secondary N) is 1. The van der Waals surface area contributed by atoms with E-state index in [1.54, 1.807) is 36.4 Å². The Morgan fingerprint density at radius 3 is 2.32 bits per heavy atom. The average Bonchev–Trinajstić information content (AvgIpc) is 2.74. The fourth-order valence-electron chi connectivity index (χ4n) is 2.79. The number of aromatic nitrogens is 2. The summed E-state index contributed by atoms with van der Waals surface area (Å²) in [6.45, 7) is 0.153. The first-order valence-corrected chi connectivity index (χ1v) is 11.2. The van der Waals surface area contributed by atoms with Gasteiger partial charge in [0.15, 0.2) is 0 Å². The Hall–Kier alpha value is -2.94. The maximum Gasteiger partial charge on any atom is 0.264 e. The molecule has 0 saturated carbocycles. The number of anilines is 1. The van der Waals surface area contributed by atoms with E-state index in [-0.39, 0.29) is 38.9 Å². The van der Waals surface area contributed by atoms with Crippen molar-refractivity contribution in [3.05, 3.63) is 93.5 Å². The molecule has 6 nitrogen and oxygen atoms in total. The third-order valence-electron chi connectivity index (χ3n) is 4.29. The number of nitrogens with zero attached hydrogens (tertiary/aromatic N) is 3. The summed E-state index contributed by atoms with van der Waals surface area (Å²) in [7, 11) is -4.12. The molecule has 0 aliphatic heterocycles. The molecule has 10 heteroatoms. The topological polar surface area (TPSA) is 86.1 Å². The summed E-state index contributed by atoms with van der Waals surface area (Å²) < 4.78 is 41.5. The van der Waals surface area contributed by atoms with E-state index in [2.05, 4.69) is 20.0 Å². The van der Waals surface area contributed by atoms with Gasteiger partial charge in [-0.1, -0.05) is 53.5 Å². The Kier molecular flexibility index (Phi) is 5.95. The van der Waals surface area contributed by atoms with Crippen LogP contribution in [0, 0.1) is 5.82 Å². The predicted octanol–water partition coefficient (Wildman–Crippen LogP) is 6.08. The van der Waals surface area contributed by atoms with E-state index in [1.165, 1.54) is 30.3 Å². The van der Waals surface area contributed by atoms with Crippen molar-refractivity contribution >= 4 is 55.9 Å². The predicted molar refractivity (Wildman–Crippen MR) is 120 cm³/mol. The number of hydrogen-bond donors (Lipinski definition) is 1. The highest BCUT2D eigenvalue weighted by atomic mass is 35.5. The van der Waals surface area contributed by atoms with E-state index in [1.807, 2.05) is 0 Å². The Morgan fingerprint density at radius 1 is 0.935 bits per heavy atom. The second kappa shape index (κ2) is 8.66. The normalized spacial score (nSPS) is 11.5. The van der Waals surface area contributed by atoms with Crippen LogP contribution in [0.4, 0.5) is 16.0 Å². The highest BCUT2D eigenvalue weighted by Crippen LogP contribution is 2.32. The van der Waals surface area contributed by atoms with Crippen molar-refractivity contribution in [3.63, 3.8) is 0 Å². The van der Waals surface area contributed by atoms with Crippen molar-refractivity contribution in [1.29, 1.82) is 0 Å². The smallest absolute Gasteiger partial charge is 0.264 e. The largest absolute Gasteiger partial charge is 0.458 e. The number of hydrogen-bond acceptors (Lipinski definition) is 4. The molecule has 0 aliphatic rings. The van der Waals surface area contributed by atoms with Gasteiger partial charge < -0.3 is 10.3 Å². The molecule has 0 saturated heterocycles. The van der Waals surface area contributed by atoms with Gasteiger partial charge in [-0.2, -0.15) is 0 Å². The lowest BCUT2D eigenvalue weighted by molar-refractivity contribution is 0.601. The van der Waals surface area contributed by atoms with Gasteiger partial charge in [0.25, 0.3) is 10.0 Å². The lowest BCUT2D eigenvalue weighted by Crippen LogP contribution is -2.15. The van der Waals surface area contributed by atoms with Crippen LogP contribution in [0.3, 0.4) is 0 Å². The molecule has 0 spiro atoms. The van der Waals surface area contributed by atoms with Crippen LogP contribution in [-0.2, 0) is 16.6 Å². The molecule has 0 bridgehead atoms. The Morgan fingerprint density at radius 2 is 1.61 bits per heavy atom. The first-order chi connectivity index (χ1) is 14.8. The van der Waals surface area contributed by atoms with E-state index >= 15 is 0 Å². The third-order valence-corrected chi connectivity index (χ3v) is 6.35. The molecule has 0 fully saturated rings. The van der Waals surface area contributed by atoms with Crippen LogP contribution in [-0.4, -0.2) is 18.4 Å². The van der Waals surface area contributed by atoms with Gasteiger partial charge in [-0.3, -0.25) is 4.72 Å². The Labute approximate surface area is 188 Å². The summed E-state index contributed by atoms with van der Waals surface area (Å²) in [5, 5.41) is 4.62. The van der Waals surface area contributed by atoms with Crippen molar-refractivity contribution < 1.29 is 12.8 Å². The molecule has 31 heavy (non-hydrogen) atoms. The molecule has 0 unspecified atom stereocenters. The number of halogens is 3. The van der Waals surface area contributed by atoms with Gasteiger partial charge in [0.2, 0.25) is 0 Å². The summed E-state index contributed by atoms with van der Waals surface area (Å²) in [6, 6.07) is 16.9. The molecular formula is C21H14Cl2FN4O2S-. The maximum absolute atomic E-state index is 13.1. The lowest BCUT2D eigenvalue weighted by Gasteiger charge is -2.21. The minimum Gasteiger partial charge on any atom is -0.458 e. The average molecular weight is 476 g/mol.